The summed E-state index contributed by atoms with van der Waals surface area (Å²) in [4.78, 5) is 0. The molecule has 31 heavy (non-hydrogen) atoms. The zero-order valence-corrected chi connectivity index (χ0v) is 19.0. The highest BCUT2D eigenvalue weighted by Gasteiger charge is 2.47. The SMILES string of the molecule is CCC1(CC)C[n+]2ccc3ccccc3c2-c2ccc3c(c21)-c1ccccc1C3(C)C. The predicted molar refractivity (Wildman–Crippen MR) is 129 cm³/mol. The molecule has 0 fully saturated rings. The maximum absolute atomic E-state index is 2.52. The van der Waals surface area contributed by atoms with Gasteiger partial charge in [-0.2, -0.15) is 4.57 Å². The number of hydrogen-bond acceptors (Lipinski definition) is 0. The molecule has 2 aliphatic rings. The largest absolute Gasteiger partial charge is 0.220 e. The lowest BCUT2D eigenvalue weighted by molar-refractivity contribution is -0.696. The van der Waals surface area contributed by atoms with Crippen LogP contribution in [0.25, 0.3) is 33.2 Å². The van der Waals surface area contributed by atoms with Crippen LogP contribution in [0.4, 0.5) is 0 Å². The van der Waals surface area contributed by atoms with Gasteiger partial charge < -0.3 is 0 Å². The third-order valence-electron chi connectivity index (χ3n) is 8.30. The first-order chi connectivity index (χ1) is 15.0. The molecule has 0 N–H and O–H groups in total. The van der Waals surface area contributed by atoms with E-state index in [1.165, 1.54) is 44.3 Å². The van der Waals surface area contributed by atoms with Crippen LogP contribution in [0.3, 0.4) is 0 Å². The molecule has 1 aliphatic heterocycles. The fraction of sp³-hybridized carbons (Fsp3) is 0.300. The Morgan fingerprint density at radius 1 is 0.774 bits per heavy atom. The smallest absolute Gasteiger partial charge is 0.197 e. The lowest BCUT2D eigenvalue weighted by atomic mass is 9.67. The Bertz CT molecular complexity index is 1350. The van der Waals surface area contributed by atoms with Gasteiger partial charge in [0.1, 0.15) is 0 Å². The normalized spacial score (nSPS) is 17.0. The highest BCUT2D eigenvalue weighted by atomic mass is 15.0. The van der Waals surface area contributed by atoms with Gasteiger partial charge in [-0.3, -0.25) is 0 Å². The molecule has 1 aliphatic carbocycles. The number of pyridine rings is 1. The highest BCUT2D eigenvalue weighted by Crippen LogP contribution is 2.56. The quantitative estimate of drug-likeness (QED) is 0.312. The van der Waals surface area contributed by atoms with Crippen LogP contribution < -0.4 is 4.57 Å². The highest BCUT2D eigenvalue weighted by molar-refractivity contribution is 5.97. The van der Waals surface area contributed by atoms with Crippen LogP contribution in [-0.2, 0) is 17.4 Å². The van der Waals surface area contributed by atoms with Crippen LogP contribution >= 0.6 is 0 Å². The lowest BCUT2D eigenvalue weighted by Crippen LogP contribution is -2.51. The van der Waals surface area contributed by atoms with E-state index in [0.717, 1.165) is 19.4 Å². The lowest BCUT2D eigenvalue weighted by Gasteiger charge is -2.37. The van der Waals surface area contributed by atoms with E-state index in [1.54, 1.807) is 5.56 Å². The first-order valence-electron chi connectivity index (χ1n) is 11.7. The number of nitrogens with zero attached hydrogens (tertiary/aromatic N) is 1. The molecule has 1 nitrogen and oxygen atoms in total. The molecule has 1 aromatic heterocycles. The van der Waals surface area contributed by atoms with Crippen LogP contribution in [0, 0.1) is 0 Å². The zero-order valence-electron chi connectivity index (χ0n) is 19.0. The van der Waals surface area contributed by atoms with Crippen molar-refractivity contribution in [1.29, 1.82) is 0 Å². The molecule has 6 rings (SSSR count). The minimum absolute atomic E-state index is 0.0420. The average molecular weight is 405 g/mol. The molecule has 0 bridgehead atoms. The monoisotopic (exact) mass is 404 g/mol. The molecular formula is C30H30N+. The van der Waals surface area contributed by atoms with E-state index in [4.69, 9.17) is 0 Å². The second-order valence-corrected chi connectivity index (χ2v) is 9.95. The molecule has 1 heteroatoms. The number of benzene rings is 3. The summed E-state index contributed by atoms with van der Waals surface area (Å²) in [6.45, 7) is 10.6. The molecule has 0 radical (unpaired) electrons. The van der Waals surface area contributed by atoms with E-state index in [-0.39, 0.29) is 10.8 Å². The Labute approximate surface area is 185 Å². The van der Waals surface area contributed by atoms with Crippen molar-refractivity contribution in [3.63, 3.8) is 0 Å². The third-order valence-corrected chi connectivity index (χ3v) is 8.30. The van der Waals surface area contributed by atoms with Crippen LogP contribution in [0.5, 0.6) is 0 Å². The van der Waals surface area contributed by atoms with Gasteiger partial charge in [-0.25, -0.2) is 0 Å². The number of rotatable bonds is 2. The molecule has 0 unspecified atom stereocenters. The van der Waals surface area contributed by atoms with Crippen molar-refractivity contribution >= 4 is 10.8 Å². The molecule has 154 valence electrons. The summed E-state index contributed by atoms with van der Waals surface area (Å²) in [7, 11) is 0. The third kappa shape index (κ3) is 2.30. The molecule has 0 atom stereocenters. The van der Waals surface area contributed by atoms with Gasteiger partial charge >= 0.3 is 0 Å². The number of aromatic nitrogens is 1. The van der Waals surface area contributed by atoms with Gasteiger partial charge in [0, 0.05) is 11.5 Å². The van der Waals surface area contributed by atoms with Crippen molar-refractivity contribution in [1.82, 2.24) is 0 Å². The predicted octanol–water partition coefficient (Wildman–Crippen LogP) is 7.17. The molecule has 0 saturated heterocycles. The van der Waals surface area contributed by atoms with Gasteiger partial charge in [-0.1, -0.05) is 76.2 Å². The second-order valence-electron chi connectivity index (χ2n) is 9.95. The second kappa shape index (κ2) is 6.29. The zero-order chi connectivity index (χ0) is 21.4. The van der Waals surface area contributed by atoms with E-state index in [9.17, 15) is 0 Å². The van der Waals surface area contributed by atoms with Gasteiger partial charge in [-0.05, 0) is 58.2 Å². The molecule has 2 heterocycles. The first-order valence-corrected chi connectivity index (χ1v) is 11.7. The van der Waals surface area contributed by atoms with Gasteiger partial charge in [0.2, 0.25) is 5.69 Å². The Morgan fingerprint density at radius 2 is 1.52 bits per heavy atom. The standard InChI is InChI=1S/C30H30N/c1-5-30(6-2)19-31-18-17-20-11-7-8-12-21(20)28(31)23-15-16-25-26(27(23)30)22-13-9-10-14-24(22)29(25,3)4/h7-18H,5-6,19H2,1-4H3/q+1. The Kier molecular flexibility index (Phi) is 3.82. The summed E-state index contributed by atoms with van der Waals surface area (Å²) in [5, 5.41) is 2.68. The summed E-state index contributed by atoms with van der Waals surface area (Å²) >= 11 is 0. The topological polar surface area (TPSA) is 3.88 Å². The molecule has 0 spiro atoms. The first kappa shape index (κ1) is 18.8. The Balaban J connectivity index is 1.80. The van der Waals surface area contributed by atoms with Gasteiger partial charge in [0.15, 0.2) is 12.7 Å². The summed E-state index contributed by atoms with van der Waals surface area (Å²) in [5.41, 5.74) is 10.5. The Morgan fingerprint density at radius 3 is 2.32 bits per heavy atom. The van der Waals surface area contributed by atoms with Crippen molar-refractivity contribution in [3.8, 4) is 22.4 Å². The van der Waals surface area contributed by atoms with E-state index in [0.29, 0.717) is 0 Å². The van der Waals surface area contributed by atoms with Crippen LogP contribution in [0.1, 0.15) is 57.2 Å². The maximum Gasteiger partial charge on any atom is 0.220 e. The van der Waals surface area contributed by atoms with Crippen LogP contribution in [-0.4, -0.2) is 0 Å². The van der Waals surface area contributed by atoms with E-state index in [2.05, 4.69) is 105 Å². The van der Waals surface area contributed by atoms with Crippen LogP contribution in [0.15, 0.2) is 72.9 Å². The van der Waals surface area contributed by atoms with Gasteiger partial charge in [-0.15, -0.1) is 0 Å². The number of hydrogen-bond donors (Lipinski definition) is 0. The fourth-order valence-electron chi connectivity index (χ4n) is 6.46. The van der Waals surface area contributed by atoms with Crippen LogP contribution in [0.2, 0.25) is 0 Å². The van der Waals surface area contributed by atoms with Gasteiger partial charge in [0.05, 0.1) is 16.4 Å². The number of fused-ring (bicyclic) bond motifs is 9. The molecule has 0 saturated carbocycles. The Hall–Kier alpha value is -2.93. The summed E-state index contributed by atoms with van der Waals surface area (Å²) < 4.78 is 2.52. The van der Waals surface area contributed by atoms with Crippen molar-refractivity contribution in [2.45, 2.75) is 57.9 Å². The van der Waals surface area contributed by atoms with E-state index < -0.39 is 0 Å². The van der Waals surface area contributed by atoms with E-state index in [1.807, 2.05) is 0 Å². The molecule has 0 amide bonds. The van der Waals surface area contributed by atoms with Gasteiger partial charge in [0.25, 0.3) is 0 Å². The van der Waals surface area contributed by atoms with Crippen molar-refractivity contribution in [3.05, 3.63) is 89.6 Å². The molecular weight excluding hydrogens is 374 g/mol. The molecule has 4 aromatic rings. The van der Waals surface area contributed by atoms with Crippen molar-refractivity contribution < 1.29 is 4.57 Å². The summed E-state index contributed by atoms with van der Waals surface area (Å²) in [6, 6.07) is 25.1. The van der Waals surface area contributed by atoms with E-state index >= 15 is 0 Å². The van der Waals surface area contributed by atoms with Crippen molar-refractivity contribution in [2.75, 3.05) is 0 Å². The average Bonchev–Trinajstić information content (AvgIpc) is 3.05. The fourth-order valence-corrected chi connectivity index (χ4v) is 6.46. The summed E-state index contributed by atoms with van der Waals surface area (Å²) in [6.07, 6.45) is 4.61. The minimum atomic E-state index is 0.0420. The molecule has 3 aromatic carbocycles. The summed E-state index contributed by atoms with van der Waals surface area (Å²) in [5.74, 6) is 0. The maximum atomic E-state index is 2.52. The van der Waals surface area contributed by atoms with Crippen molar-refractivity contribution in [2.24, 2.45) is 0 Å². The minimum Gasteiger partial charge on any atom is -0.197 e.